The first-order valence-corrected chi connectivity index (χ1v) is 8.67. The largest absolute Gasteiger partial charge is 0.479 e. The van der Waals surface area contributed by atoms with Crippen molar-refractivity contribution < 1.29 is 14.3 Å². The first kappa shape index (κ1) is 16.4. The number of carbonyl (C=O) groups is 2. The second-order valence-electron chi connectivity index (χ2n) is 5.63. The molecule has 1 aromatic carbocycles. The highest BCUT2D eigenvalue weighted by molar-refractivity contribution is 7.09. The van der Waals surface area contributed by atoms with Gasteiger partial charge in [-0.3, -0.25) is 9.59 Å². The number of aromatic nitrogens is 1. The second kappa shape index (κ2) is 7.00. The number of nitrogens with one attached hydrogen (secondary N) is 1. The van der Waals surface area contributed by atoms with Crippen molar-refractivity contribution in [3.8, 4) is 5.75 Å². The van der Waals surface area contributed by atoms with Crippen LogP contribution < -0.4 is 15.0 Å². The van der Waals surface area contributed by atoms with Gasteiger partial charge in [-0.2, -0.15) is 0 Å². The SMILES string of the molecule is Cc1csc(CNC(=O)CCN2C(=O)C(C)Oc3ccccc32)n1. The molecule has 0 bridgehead atoms. The third-order valence-corrected chi connectivity index (χ3v) is 4.71. The van der Waals surface area contributed by atoms with E-state index in [2.05, 4.69) is 10.3 Å². The zero-order valence-electron chi connectivity index (χ0n) is 13.6. The number of nitrogens with zero attached hydrogens (tertiary/aromatic N) is 2. The Bertz CT molecular complexity index is 759. The van der Waals surface area contributed by atoms with Crippen molar-refractivity contribution in [2.45, 2.75) is 32.9 Å². The Hall–Kier alpha value is -2.41. The third kappa shape index (κ3) is 3.56. The van der Waals surface area contributed by atoms with Crippen LogP contribution in [0.5, 0.6) is 5.75 Å². The van der Waals surface area contributed by atoms with E-state index in [4.69, 9.17) is 4.74 Å². The molecule has 0 aliphatic carbocycles. The lowest BCUT2D eigenvalue weighted by Gasteiger charge is -2.32. The van der Waals surface area contributed by atoms with Crippen LogP contribution in [0.4, 0.5) is 5.69 Å². The molecule has 0 fully saturated rings. The summed E-state index contributed by atoms with van der Waals surface area (Å²) in [5.74, 6) is 0.438. The Labute approximate surface area is 144 Å². The summed E-state index contributed by atoms with van der Waals surface area (Å²) >= 11 is 1.52. The fraction of sp³-hybridized carbons (Fsp3) is 0.353. The number of rotatable bonds is 5. The van der Waals surface area contributed by atoms with Crippen molar-refractivity contribution in [1.82, 2.24) is 10.3 Å². The number of thiazole rings is 1. The van der Waals surface area contributed by atoms with E-state index in [-0.39, 0.29) is 18.2 Å². The maximum Gasteiger partial charge on any atom is 0.267 e. The lowest BCUT2D eigenvalue weighted by molar-refractivity contribution is -0.125. The van der Waals surface area contributed by atoms with Crippen molar-refractivity contribution in [3.63, 3.8) is 0 Å². The summed E-state index contributed by atoms with van der Waals surface area (Å²) in [6.45, 7) is 4.38. The van der Waals surface area contributed by atoms with Gasteiger partial charge in [-0.1, -0.05) is 12.1 Å². The summed E-state index contributed by atoms with van der Waals surface area (Å²) in [5.41, 5.74) is 1.66. The zero-order valence-corrected chi connectivity index (χ0v) is 14.4. The van der Waals surface area contributed by atoms with Crippen LogP contribution in [0.1, 0.15) is 24.0 Å². The van der Waals surface area contributed by atoms with Gasteiger partial charge < -0.3 is 15.0 Å². The van der Waals surface area contributed by atoms with Gasteiger partial charge in [-0.15, -0.1) is 11.3 Å². The third-order valence-electron chi connectivity index (χ3n) is 3.74. The smallest absolute Gasteiger partial charge is 0.267 e. The van der Waals surface area contributed by atoms with Crippen molar-refractivity contribution in [2.75, 3.05) is 11.4 Å². The van der Waals surface area contributed by atoms with Crippen molar-refractivity contribution >= 4 is 28.8 Å². The highest BCUT2D eigenvalue weighted by Crippen LogP contribution is 2.33. The van der Waals surface area contributed by atoms with Gasteiger partial charge in [0.25, 0.3) is 5.91 Å². The second-order valence-corrected chi connectivity index (χ2v) is 6.57. The zero-order chi connectivity index (χ0) is 17.1. The van der Waals surface area contributed by atoms with Crippen LogP contribution in [-0.2, 0) is 16.1 Å². The van der Waals surface area contributed by atoms with Gasteiger partial charge in [0, 0.05) is 24.0 Å². The molecule has 2 aromatic rings. The number of hydrogen-bond donors (Lipinski definition) is 1. The molecule has 7 heteroatoms. The van der Waals surface area contributed by atoms with E-state index in [1.165, 1.54) is 11.3 Å². The van der Waals surface area contributed by atoms with E-state index in [0.717, 1.165) is 10.7 Å². The van der Waals surface area contributed by atoms with Crippen LogP contribution in [0.3, 0.4) is 0 Å². The minimum absolute atomic E-state index is 0.104. The minimum atomic E-state index is -0.541. The summed E-state index contributed by atoms with van der Waals surface area (Å²) in [7, 11) is 0. The van der Waals surface area contributed by atoms with Gasteiger partial charge >= 0.3 is 0 Å². The Morgan fingerprint density at radius 3 is 2.96 bits per heavy atom. The summed E-state index contributed by atoms with van der Waals surface area (Å²) in [6.07, 6.45) is -0.307. The number of benzene rings is 1. The highest BCUT2D eigenvalue weighted by atomic mass is 32.1. The predicted molar refractivity (Wildman–Crippen MR) is 92.2 cm³/mol. The quantitative estimate of drug-likeness (QED) is 0.902. The van der Waals surface area contributed by atoms with E-state index >= 15 is 0 Å². The standard InChI is InChI=1S/C17H19N3O3S/c1-11-10-24-16(19-11)9-18-15(21)7-8-20-13-5-3-4-6-14(13)23-12(2)17(20)22/h3-6,10,12H,7-9H2,1-2H3,(H,18,21). The van der Waals surface area contributed by atoms with Crippen molar-refractivity contribution in [2.24, 2.45) is 0 Å². The number of fused-ring (bicyclic) bond motifs is 1. The predicted octanol–water partition coefficient (Wildman–Crippen LogP) is 2.27. The number of carbonyl (C=O) groups excluding carboxylic acids is 2. The molecule has 1 aromatic heterocycles. The number of aryl methyl sites for hydroxylation is 1. The van der Waals surface area contributed by atoms with E-state index in [0.29, 0.717) is 24.5 Å². The number of anilines is 1. The number of hydrogen-bond acceptors (Lipinski definition) is 5. The topological polar surface area (TPSA) is 71.5 Å². The van der Waals surface area contributed by atoms with Gasteiger partial charge in [-0.25, -0.2) is 4.98 Å². The molecule has 2 amide bonds. The first-order chi connectivity index (χ1) is 11.5. The van der Waals surface area contributed by atoms with E-state index in [1.54, 1.807) is 11.8 Å². The highest BCUT2D eigenvalue weighted by Gasteiger charge is 2.31. The molecule has 3 rings (SSSR count). The maximum atomic E-state index is 12.3. The van der Waals surface area contributed by atoms with Crippen LogP contribution >= 0.6 is 11.3 Å². The van der Waals surface area contributed by atoms with Gasteiger partial charge in [0.2, 0.25) is 5.91 Å². The summed E-state index contributed by atoms with van der Waals surface area (Å²) in [5, 5.41) is 5.67. The molecule has 0 saturated heterocycles. The lowest BCUT2D eigenvalue weighted by Crippen LogP contribution is -2.45. The number of para-hydroxylation sites is 2. The maximum absolute atomic E-state index is 12.3. The van der Waals surface area contributed by atoms with Crippen molar-refractivity contribution in [3.05, 3.63) is 40.3 Å². The fourth-order valence-electron chi connectivity index (χ4n) is 2.55. The molecular formula is C17H19N3O3S. The fourth-order valence-corrected chi connectivity index (χ4v) is 3.26. The number of amides is 2. The van der Waals surface area contributed by atoms with E-state index < -0.39 is 6.10 Å². The molecule has 0 spiro atoms. The molecule has 6 nitrogen and oxygen atoms in total. The van der Waals surface area contributed by atoms with Gasteiger partial charge in [0.05, 0.1) is 12.2 Å². The van der Waals surface area contributed by atoms with Crippen LogP contribution in [0.25, 0.3) is 0 Å². The molecule has 1 N–H and O–H groups in total. The molecule has 1 atom stereocenters. The normalized spacial score (nSPS) is 16.5. The monoisotopic (exact) mass is 345 g/mol. The summed E-state index contributed by atoms with van der Waals surface area (Å²) in [4.78, 5) is 30.3. The van der Waals surface area contributed by atoms with Crippen LogP contribution in [-0.4, -0.2) is 29.4 Å². The molecular weight excluding hydrogens is 326 g/mol. The molecule has 1 unspecified atom stereocenters. The van der Waals surface area contributed by atoms with Crippen molar-refractivity contribution in [1.29, 1.82) is 0 Å². The molecule has 0 saturated carbocycles. The van der Waals surface area contributed by atoms with Crippen LogP contribution in [0.2, 0.25) is 0 Å². The van der Waals surface area contributed by atoms with Crippen LogP contribution in [0, 0.1) is 6.92 Å². The lowest BCUT2D eigenvalue weighted by atomic mass is 10.1. The first-order valence-electron chi connectivity index (χ1n) is 7.79. The molecule has 126 valence electrons. The van der Waals surface area contributed by atoms with Gasteiger partial charge in [-0.05, 0) is 26.0 Å². The Morgan fingerprint density at radius 2 is 2.21 bits per heavy atom. The molecule has 1 aliphatic rings. The van der Waals surface area contributed by atoms with E-state index in [9.17, 15) is 9.59 Å². The average molecular weight is 345 g/mol. The number of ether oxygens (including phenoxy) is 1. The Morgan fingerprint density at radius 1 is 1.42 bits per heavy atom. The summed E-state index contributed by atoms with van der Waals surface area (Å²) in [6, 6.07) is 7.37. The minimum Gasteiger partial charge on any atom is -0.479 e. The summed E-state index contributed by atoms with van der Waals surface area (Å²) < 4.78 is 5.59. The Balaban J connectivity index is 1.59. The van der Waals surface area contributed by atoms with E-state index in [1.807, 2.05) is 36.6 Å². The van der Waals surface area contributed by atoms with Gasteiger partial charge in [0.15, 0.2) is 6.10 Å². The molecule has 0 radical (unpaired) electrons. The average Bonchev–Trinajstić information content (AvgIpc) is 2.99. The molecule has 1 aliphatic heterocycles. The Kier molecular flexibility index (Phi) is 4.80. The van der Waals surface area contributed by atoms with Crippen LogP contribution in [0.15, 0.2) is 29.6 Å². The molecule has 24 heavy (non-hydrogen) atoms. The van der Waals surface area contributed by atoms with Gasteiger partial charge in [0.1, 0.15) is 10.8 Å². The molecule has 2 heterocycles.